The normalized spacial score (nSPS) is 27.4. The molecule has 170 valence electrons. The topological polar surface area (TPSA) is 129 Å². The van der Waals surface area contributed by atoms with E-state index in [4.69, 9.17) is 14.2 Å². The van der Waals surface area contributed by atoms with Crippen LogP contribution < -0.4 is 0 Å². The summed E-state index contributed by atoms with van der Waals surface area (Å²) in [6.07, 6.45) is -3.54. The molecule has 0 aromatic rings. The largest absolute Gasteiger partial charge is 0.444 e. The zero-order chi connectivity index (χ0) is 22.6. The summed E-state index contributed by atoms with van der Waals surface area (Å²) in [7, 11) is 1.52. The average molecular weight is 421 g/mol. The van der Waals surface area contributed by atoms with E-state index in [1.807, 2.05) is 20.8 Å². The van der Waals surface area contributed by atoms with Gasteiger partial charge in [0.1, 0.15) is 17.3 Å². The lowest BCUT2D eigenvalue weighted by atomic mass is 10.2. The smallest absolute Gasteiger partial charge is 0.410 e. The lowest BCUT2D eigenvalue weighted by Gasteiger charge is -2.24. The molecule has 2 saturated heterocycles. The Balaban J connectivity index is 0.000000291. The first-order valence-electron chi connectivity index (χ1n) is 9.66. The molecule has 0 aromatic carbocycles. The second-order valence-electron chi connectivity index (χ2n) is 9.25. The first-order chi connectivity index (χ1) is 13.1. The van der Waals surface area contributed by atoms with Gasteiger partial charge in [-0.25, -0.2) is 9.59 Å². The van der Waals surface area contributed by atoms with Crippen molar-refractivity contribution < 1.29 is 39.1 Å². The molecule has 0 unspecified atom stereocenters. The number of carbonyl (C=O) groups excluding carboxylic acids is 2. The number of methoxy groups -OCH3 is 1. The van der Waals surface area contributed by atoms with Crippen molar-refractivity contribution in [2.75, 3.05) is 33.3 Å². The fourth-order valence-electron chi connectivity index (χ4n) is 2.71. The van der Waals surface area contributed by atoms with E-state index in [2.05, 4.69) is 0 Å². The molecule has 2 fully saturated rings. The van der Waals surface area contributed by atoms with Crippen LogP contribution in [0.25, 0.3) is 0 Å². The van der Waals surface area contributed by atoms with Gasteiger partial charge in [-0.1, -0.05) is 0 Å². The predicted octanol–water partition coefficient (Wildman–Crippen LogP) is 0.572. The van der Waals surface area contributed by atoms with Crippen LogP contribution >= 0.6 is 0 Å². The molecule has 2 aliphatic rings. The Morgan fingerprint density at radius 1 is 0.724 bits per heavy atom. The Morgan fingerprint density at radius 2 is 1.07 bits per heavy atom. The third-order valence-electron chi connectivity index (χ3n) is 4.10. The van der Waals surface area contributed by atoms with E-state index in [9.17, 15) is 24.9 Å². The highest BCUT2D eigenvalue weighted by molar-refractivity contribution is 5.69. The van der Waals surface area contributed by atoms with E-state index in [-0.39, 0.29) is 25.7 Å². The highest BCUT2D eigenvalue weighted by Gasteiger charge is 2.36. The van der Waals surface area contributed by atoms with Crippen molar-refractivity contribution in [3.63, 3.8) is 0 Å². The first-order valence-corrected chi connectivity index (χ1v) is 9.66. The minimum Gasteiger partial charge on any atom is -0.444 e. The van der Waals surface area contributed by atoms with E-state index in [0.29, 0.717) is 6.54 Å². The molecule has 2 rings (SSSR count). The number of ether oxygens (including phenoxy) is 3. The van der Waals surface area contributed by atoms with Crippen molar-refractivity contribution in [3.8, 4) is 0 Å². The van der Waals surface area contributed by atoms with Crippen LogP contribution in [0.2, 0.25) is 0 Å². The number of amides is 2. The van der Waals surface area contributed by atoms with Crippen LogP contribution in [0.5, 0.6) is 0 Å². The fourth-order valence-corrected chi connectivity index (χ4v) is 2.71. The lowest BCUT2D eigenvalue weighted by molar-refractivity contribution is 0.0199. The zero-order valence-electron chi connectivity index (χ0n) is 18.4. The first kappa shape index (κ1) is 25.4. The number of rotatable bonds is 1. The third-order valence-corrected chi connectivity index (χ3v) is 4.10. The number of β-amino-alcohol motifs (C(OH)–C–C–N with tert-alkyl or cyclic N) is 3. The minimum atomic E-state index is -0.859. The van der Waals surface area contributed by atoms with E-state index in [0.717, 1.165) is 0 Å². The molecule has 0 aromatic heterocycles. The minimum absolute atomic E-state index is 0.135. The molecule has 4 atom stereocenters. The predicted molar refractivity (Wildman–Crippen MR) is 104 cm³/mol. The molecule has 3 N–H and O–H groups in total. The number of likely N-dealkylation sites (tertiary alicyclic amines) is 2. The van der Waals surface area contributed by atoms with Crippen LogP contribution in [0.1, 0.15) is 41.5 Å². The molecule has 0 spiro atoms. The standard InChI is InChI=1S/C10H19NO4.C9H17NO4/c1-10(2,3)15-9(13)11-5-7(12)8(6-11)14-4;1-9(2,3)14-8(13)10-4-6(11)7(12)5-10/h7-8,12H,5-6H2,1-4H3;6-7,11-12H,4-5H2,1-3H3/t7-,8-;6-,7-/m00/s1. The Kier molecular flexibility index (Phi) is 8.70. The Morgan fingerprint density at radius 3 is 1.38 bits per heavy atom. The summed E-state index contributed by atoms with van der Waals surface area (Å²) in [5, 5.41) is 28.0. The van der Waals surface area contributed by atoms with Gasteiger partial charge in [0.05, 0.1) is 44.5 Å². The molecule has 2 heterocycles. The van der Waals surface area contributed by atoms with Gasteiger partial charge >= 0.3 is 12.2 Å². The molecular weight excluding hydrogens is 384 g/mol. The second-order valence-corrected chi connectivity index (χ2v) is 9.25. The van der Waals surface area contributed by atoms with E-state index < -0.39 is 41.7 Å². The summed E-state index contributed by atoms with van der Waals surface area (Å²) in [6, 6.07) is 0. The molecule has 0 bridgehead atoms. The summed E-state index contributed by atoms with van der Waals surface area (Å²) < 4.78 is 15.3. The average Bonchev–Trinajstić information content (AvgIpc) is 3.08. The van der Waals surface area contributed by atoms with Gasteiger partial charge in [-0.15, -0.1) is 0 Å². The van der Waals surface area contributed by atoms with Gasteiger partial charge in [0.15, 0.2) is 0 Å². The van der Waals surface area contributed by atoms with Crippen molar-refractivity contribution in [1.29, 1.82) is 0 Å². The number of hydrogen-bond acceptors (Lipinski definition) is 8. The van der Waals surface area contributed by atoms with Crippen LogP contribution in [0.15, 0.2) is 0 Å². The van der Waals surface area contributed by atoms with Gasteiger partial charge in [-0.3, -0.25) is 0 Å². The molecule has 0 saturated carbocycles. The quantitative estimate of drug-likeness (QED) is 0.562. The maximum Gasteiger partial charge on any atom is 0.410 e. The van der Waals surface area contributed by atoms with Crippen LogP contribution in [0.3, 0.4) is 0 Å². The summed E-state index contributed by atoms with van der Waals surface area (Å²) in [5.74, 6) is 0. The van der Waals surface area contributed by atoms with Crippen LogP contribution in [0, 0.1) is 0 Å². The number of aliphatic hydroxyl groups is 3. The van der Waals surface area contributed by atoms with Gasteiger partial charge in [0.2, 0.25) is 0 Å². The Hall–Kier alpha value is -1.62. The molecule has 29 heavy (non-hydrogen) atoms. The molecule has 2 aliphatic heterocycles. The van der Waals surface area contributed by atoms with E-state index >= 15 is 0 Å². The zero-order valence-corrected chi connectivity index (χ0v) is 18.4. The van der Waals surface area contributed by atoms with Crippen LogP contribution in [-0.2, 0) is 14.2 Å². The molecule has 0 aliphatic carbocycles. The van der Waals surface area contributed by atoms with Crippen molar-refractivity contribution in [2.24, 2.45) is 0 Å². The molecule has 10 heteroatoms. The van der Waals surface area contributed by atoms with Crippen molar-refractivity contribution in [1.82, 2.24) is 9.80 Å². The highest BCUT2D eigenvalue weighted by atomic mass is 16.6. The summed E-state index contributed by atoms with van der Waals surface area (Å²) >= 11 is 0. The third kappa shape index (κ3) is 8.73. The van der Waals surface area contributed by atoms with Gasteiger partial charge in [0, 0.05) is 7.11 Å². The van der Waals surface area contributed by atoms with Crippen molar-refractivity contribution in [2.45, 2.75) is 77.2 Å². The number of nitrogens with zero attached hydrogens (tertiary/aromatic N) is 2. The van der Waals surface area contributed by atoms with Gasteiger partial charge in [0.25, 0.3) is 0 Å². The second kappa shape index (κ2) is 9.92. The van der Waals surface area contributed by atoms with Crippen LogP contribution in [-0.4, -0.2) is 106 Å². The van der Waals surface area contributed by atoms with Crippen molar-refractivity contribution in [3.05, 3.63) is 0 Å². The molecule has 0 radical (unpaired) electrons. The maximum absolute atomic E-state index is 11.6. The fraction of sp³-hybridized carbons (Fsp3) is 0.895. The maximum atomic E-state index is 11.6. The van der Waals surface area contributed by atoms with E-state index in [1.54, 1.807) is 20.8 Å². The summed E-state index contributed by atoms with van der Waals surface area (Å²) in [4.78, 5) is 25.8. The number of hydrogen-bond donors (Lipinski definition) is 3. The summed E-state index contributed by atoms with van der Waals surface area (Å²) in [6.45, 7) is 11.7. The highest BCUT2D eigenvalue weighted by Crippen LogP contribution is 2.17. The monoisotopic (exact) mass is 420 g/mol. The van der Waals surface area contributed by atoms with Gasteiger partial charge in [-0.05, 0) is 41.5 Å². The molecule has 10 nitrogen and oxygen atoms in total. The lowest BCUT2D eigenvalue weighted by Crippen LogP contribution is -2.36. The van der Waals surface area contributed by atoms with Crippen LogP contribution in [0.4, 0.5) is 9.59 Å². The van der Waals surface area contributed by atoms with Crippen molar-refractivity contribution >= 4 is 12.2 Å². The van der Waals surface area contributed by atoms with E-state index in [1.165, 1.54) is 16.9 Å². The number of aliphatic hydroxyl groups excluding tert-OH is 3. The Labute approximate surface area is 172 Å². The van der Waals surface area contributed by atoms with Gasteiger partial charge in [-0.2, -0.15) is 0 Å². The SMILES string of the molecule is CC(C)(C)OC(=O)N1C[C@H](O)[C@@H](O)C1.CO[C@H]1CN(C(=O)OC(C)(C)C)C[C@@H]1O. The Bertz CT molecular complexity index is 547. The molecular formula is C19H36N2O8. The molecule has 2 amide bonds. The summed E-state index contributed by atoms with van der Waals surface area (Å²) in [5.41, 5.74) is -1.05. The van der Waals surface area contributed by atoms with Gasteiger partial charge < -0.3 is 39.3 Å². The number of carbonyl (C=O) groups is 2.